The SMILES string of the molecule is COc1ccc([C@H]2[C@H]3CN(c4ccc(C)cn4)C[C@H]3CN2C(=O)CNC(C)=O)cc1. The monoisotopic (exact) mass is 408 g/mol. The number of nitrogens with zero attached hydrogens (tertiary/aromatic N) is 3. The van der Waals surface area contributed by atoms with E-state index in [1.807, 2.05) is 42.3 Å². The average Bonchev–Trinajstić information content (AvgIpc) is 3.31. The fraction of sp³-hybridized carbons (Fsp3) is 0.435. The minimum atomic E-state index is -0.194. The Morgan fingerprint density at radius 2 is 1.90 bits per heavy atom. The molecule has 1 aromatic heterocycles. The summed E-state index contributed by atoms with van der Waals surface area (Å²) in [5.41, 5.74) is 2.24. The van der Waals surface area contributed by atoms with E-state index in [2.05, 4.69) is 27.3 Å². The van der Waals surface area contributed by atoms with Crippen molar-refractivity contribution in [2.24, 2.45) is 11.8 Å². The zero-order valence-electron chi connectivity index (χ0n) is 17.7. The van der Waals surface area contributed by atoms with E-state index >= 15 is 0 Å². The molecule has 0 aliphatic carbocycles. The molecule has 158 valence electrons. The maximum Gasteiger partial charge on any atom is 0.242 e. The molecule has 1 aromatic carbocycles. The number of carbonyl (C=O) groups excluding carboxylic acids is 2. The van der Waals surface area contributed by atoms with Gasteiger partial charge in [0.1, 0.15) is 11.6 Å². The van der Waals surface area contributed by atoms with Crippen LogP contribution in [0.25, 0.3) is 0 Å². The van der Waals surface area contributed by atoms with Crippen LogP contribution < -0.4 is 15.0 Å². The third-order valence-electron chi connectivity index (χ3n) is 6.15. The molecule has 0 radical (unpaired) electrons. The third-order valence-corrected chi connectivity index (χ3v) is 6.15. The number of hydrogen-bond acceptors (Lipinski definition) is 5. The third kappa shape index (κ3) is 3.97. The molecule has 7 heteroatoms. The number of aryl methyl sites for hydroxylation is 1. The molecule has 4 rings (SSSR count). The Kier molecular flexibility index (Phi) is 5.61. The predicted molar refractivity (Wildman–Crippen MR) is 114 cm³/mol. The number of amides is 2. The zero-order chi connectivity index (χ0) is 21.3. The largest absolute Gasteiger partial charge is 0.497 e. The highest BCUT2D eigenvalue weighted by Crippen LogP contribution is 2.45. The van der Waals surface area contributed by atoms with Gasteiger partial charge in [-0.15, -0.1) is 0 Å². The Morgan fingerprint density at radius 3 is 2.53 bits per heavy atom. The lowest BCUT2D eigenvalue weighted by Gasteiger charge is -2.30. The van der Waals surface area contributed by atoms with Crippen LogP contribution >= 0.6 is 0 Å². The summed E-state index contributed by atoms with van der Waals surface area (Å²) in [6.07, 6.45) is 1.90. The van der Waals surface area contributed by atoms with Crippen molar-refractivity contribution in [2.75, 3.05) is 38.2 Å². The average molecular weight is 409 g/mol. The molecule has 30 heavy (non-hydrogen) atoms. The van der Waals surface area contributed by atoms with Gasteiger partial charge in [-0.2, -0.15) is 0 Å². The highest BCUT2D eigenvalue weighted by Gasteiger charge is 2.49. The molecular formula is C23H28N4O3. The lowest BCUT2D eigenvalue weighted by molar-refractivity contribution is -0.133. The summed E-state index contributed by atoms with van der Waals surface area (Å²) in [5, 5.41) is 2.65. The van der Waals surface area contributed by atoms with Gasteiger partial charge in [0.25, 0.3) is 0 Å². The first-order valence-electron chi connectivity index (χ1n) is 10.3. The topological polar surface area (TPSA) is 74.8 Å². The molecule has 2 saturated heterocycles. The lowest BCUT2D eigenvalue weighted by atomic mass is 9.89. The Labute approximate surface area is 177 Å². The second-order valence-corrected chi connectivity index (χ2v) is 8.20. The number of fused-ring (bicyclic) bond motifs is 1. The van der Waals surface area contributed by atoms with E-state index in [1.165, 1.54) is 6.92 Å². The van der Waals surface area contributed by atoms with Gasteiger partial charge in [-0.1, -0.05) is 18.2 Å². The number of rotatable bonds is 5. The van der Waals surface area contributed by atoms with E-state index in [-0.39, 0.29) is 24.4 Å². The van der Waals surface area contributed by atoms with Crippen molar-refractivity contribution in [3.63, 3.8) is 0 Å². The molecule has 2 aliphatic rings. The molecule has 7 nitrogen and oxygen atoms in total. The van der Waals surface area contributed by atoms with Crippen LogP contribution in [0, 0.1) is 18.8 Å². The Morgan fingerprint density at radius 1 is 1.13 bits per heavy atom. The number of likely N-dealkylation sites (tertiary alicyclic amines) is 1. The summed E-state index contributed by atoms with van der Waals surface area (Å²) >= 11 is 0. The molecule has 2 aliphatic heterocycles. The van der Waals surface area contributed by atoms with Gasteiger partial charge in [-0.3, -0.25) is 9.59 Å². The van der Waals surface area contributed by atoms with E-state index in [9.17, 15) is 9.59 Å². The Bertz CT molecular complexity index is 913. The number of ether oxygens (including phenoxy) is 1. The van der Waals surface area contributed by atoms with Gasteiger partial charge in [0.15, 0.2) is 0 Å². The van der Waals surface area contributed by atoms with Crippen LogP contribution in [0.2, 0.25) is 0 Å². The number of carbonyl (C=O) groups is 2. The molecule has 0 bridgehead atoms. The van der Waals surface area contributed by atoms with Crippen LogP contribution in [-0.4, -0.2) is 55.0 Å². The minimum absolute atomic E-state index is 0.0300. The highest BCUT2D eigenvalue weighted by molar-refractivity contribution is 5.84. The number of nitrogens with one attached hydrogen (secondary N) is 1. The number of aromatic nitrogens is 1. The lowest BCUT2D eigenvalue weighted by Crippen LogP contribution is -2.41. The Hall–Kier alpha value is -3.09. The molecule has 3 heterocycles. The van der Waals surface area contributed by atoms with Crippen molar-refractivity contribution in [2.45, 2.75) is 19.9 Å². The number of pyridine rings is 1. The van der Waals surface area contributed by atoms with Crippen LogP contribution in [0.4, 0.5) is 5.82 Å². The molecule has 1 N–H and O–H groups in total. The van der Waals surface area contributed by atoms with E-state index in [4.69, 9.17) is 4.74 Å². The van der Waals surface area contributed by atoms with Gasteiger partial charge in [-0.05, 0) is 36.2 Å². The van der Waals surface area contributed by atoms with E-state index < -0.39 is 0 Å². The second-order valence-electron chi connectivity index (χ2n) is 8.20. The van der Waals surface area contributed by atoms with Crippen LogP contribution in [0.1, 0.15) is 24.1 Å². The van der Waals surface area contributed by atoms with Crippen molar-refractivity contribution in [1.29, 1.82) is 0 Å². The predicted octanol–water partition coefficient (Wildman–Crippen LogP) is 2.17. The summed E-state index contributed by atoms with van der Waals surface area (Å²) in [5.74, 6) is 2.21. The second kappa shape index (κ2) is 8.34. The Balaban J connectivity index is 1.58. The summed E-state index contributed by atoms with van der Waals surface area (Å²) < 4.78 is 5.30. The molecule has 0 spiro atoms. The van der Waals surface area contributed by atoms with Crippen molar-refractivity contribution < 1.29 is 14.3 Å². The van der Waals surface area contributed by atoms with E-state index in [0.29, 0.717) is 18.4 Å². The zero-order valence-corrected chi connectivity index (χ0v) is 17.7. The number of benzene rings is 1. The summed E-state index contributed by atoms with van der Waals surface area (Å²) in [6, 6.07) is 12.1. The number of anilines is 1. The van der Waals surface area contributed by atoms with Gasteiger partial charge in [0.2, 0.25) is 11.8 Å². The van der Waals surface area contributed by atoms with E-state index in [0.717, 1.165) is 35.8 Å². The maximum atomic E-state index is 12.9. The van der Waals surface area contributed by atoms with Crippen LogP contribution in [0.3, 0.4) is 0 Å². The first-order chi connectivity index (χ1) is 14.5. The number of hydrogen-bond donors (Lipinski definition) is 1. The normalized spacial score (nSPS) is 22.7. The molecule has 2 aromatic rings. The molecule has 2 fully saturated rings. The van der Waals surface area contributed by atoms with Gasteiger partial charge in [0, 0.05) is 44.6 Å². The summed E-state index contributed by atoms with van der Waals surface area (Å²) in [6.45, 7) is 5.90. The van der Waals surface area contributed by atoms with E-state index in [1.54, 1.807) is 7.11 Å². The van der Waals surface area contributed by atoms with Gasteiger partial charge >= 0.3 is 0 Å². The fourth-order valence-corrected chi connectivity index (χ4v) is 4.67. The molecule has 2 amide bonds. The standard InChI is InChI=1S/C23H28N4O3/c1-15-4-9-21(25-10-15)26-12-18-13-27(22(29)11-24-16(2)28)23(20(18)14-26)17-5-7-19(30-3)8-6-17/h4-10,18,20,23H,11-14H2,1-3H3,(H,24,28)/t18-,20-,23-/m0/s1. The van der Waals surface area contributed by atoms with Crippen molar-refractivity contribution >= 4 is 17.6 Å². The number of methoxy groups -OCH3 is 1. The van der Waals surface area contributed by atoms with Crippen LogP contribution in [-0.2, 0) is 9.59 Å². The molecular weight excluding hydrogens is 380 g/mol. The molecule has 0 saturated carbocycles. The highest BCUT2D eigenvalue weighted by atomic mass is 16.5. The summed E-state index contributed by atoms with van der Waals surface area (Å²) in [4.78, 5) is 33.1. The first-order valence-corrected chi connectivity index (χ1v) is 10.3. The molecule has 3 atom stereocenters. The van der Waals surface area contributed by atoms with Crippen molar-refractivity contribution in [1.82, 2.24) is 15.2 Å². The van der Waals surface area contributed by atoms with Gasteiger partial charge in [-0.25, -0.2) is 4.98 Å². The smallest absolute Gasteiger partial charge is 0.242 e. The quantitative estimate of drug-likeness (QED) is 0.821. The minimum Gasteiger partial charge on any atom is -0.497 e. The van der Waals surface area contributed by atoms with Crippen molar-refractivity contribution in [3.05, 3.63) is 53.7 Å². The van der Waals surface area contributed by atoms with Gasteiger partial charge < -0.3 is 19.9 Å². The fourth-order valence-electron chi connectivity index (χ4n) is 4.67. The van der Waals surface area contributed by atoms with Crippen LogP contribution in [0.5, 0.6) is 5.75 Å². The van der Waals surface area contributed by atoms with Crippen LogP contribution in [0.15, 0.2) is 42.6 Å². The maximum absolute atomic E-state index is 12.9. The van der Waals surface area contributed by atoms with Crippen molar-refractivity contribution in [3.8, 4) is 5.75 Å². The molecule has 0 unspecified atom stereocenters. The van der Waals surface area contributed by atoms with Gasteiger partial charge in [0.05, 0.1) is 19.7 Å². The summed E-state index contributed by atoms with van der Waals surface area (Å²) in [7, 11) is 1.65. The first kappa shape index (κ1) is 20.2.